The van der Waals surface area contributed by atoms with Crippen LogP contribution in [0.25, 0.3) is 0 Å². The number of unbranched alkanes of at least 4 members (excludes halogenated alkanes) is 54. The summed E-state index contributed by atoms with van der Waals surface area (Å²) >= 11 is 0. The Morgan fingerprint density at radius 1 is 0.276 bits per heavy atom. The number of phosphoric ester groups is 2. The molecule has 0 aromatic carbocycles. The van der Waals surface area contributed by atoms with Crippen molar-refractivity contribution in [3.05, 3.63) is 0 Å². The van der Waals surface area contributed by atoms with E-state index in [9.17, 15) is 43.2 Å². The summed E-state index contributed by atoms with van der Waals surface area (Å²) in [5.74, 6) is -0.474. The van der Waals surface area contributed by atoms with E-state index in [4.69, 9.17) is 37.0 Å². The van der Waals surface area contributed by atoms with E-state index in [-0.39, 0.29) is 25.7 Å². The number of carbonyl (C=O) groups excluding carboxylic acids is 4. The monoisotopic (exact) mass is 1540 g/mol. The fourth-order valence-electron chi connectivity index (χ4n) is 13.4. The van der Waals surface area contributed by atoms with E-state index in [1.807, 2.05) is 0 Å². The first-order chi connectivity index (χ1) is 50.9. The topological polar surface area (TPSA) is 237 Å². The molecule has 17 nitrogen and oxygen atoms in total. The van der Waals surface area contributed by atoms with E-state index in [1.165, 1.54) is 276 Å². The third kappa shape index (κ3) is 78.5. The van der Waals surface area contributed by atoms with Crippen molar-refractivity contribution in [2.45, 2.75) is 477 Å². The molecule has 0 heterocycles. The van der Waals surface area contributed by atoms with Crippen LogP contribution >= 0.6 is 15.6 Å². The molecule has 624 valence electrons. The fourth-order valence-corrected chi connectivity index (χ4v) is 15.0. The number of phosphoric acid groups is 2. The first-order valence-electron chi connectivity index (χ1n) is 44.5. The number of hydrogen-bond acceptors (Lipinski definition) is 15. The molecule has 3 unspecified atom stereocenters. The Bertz CT molecular complexity index is 2010. The molecule has 0 aliphatic heterocycles. The Kier molecular flexibility index (Phi) is 76.0. The highest BCUT2D eigenvalue weighted by molar-refractivity contribution is 7.47. The molecule has 6 atom stereocenters. The second-order valence-electron chi connectivity index (χ2n) is 31.6. The van der Waals surface area contributed by atoms with E-state index in [2.05, 4.69) is 41.5 Å². The third-order valence-electron chi connectivity index (χ3n) is 20.6. The molecular formula is C86H168O17P2. The molecule has 0 saturated heterocycles. The maximum Gasteiger partial charge on any atom is 0.472 e. The van der Waals surface area contributed by atoms with Gasteiger partial charge in [0.05, 0.1) is 26.4 Å². The van der Waals surface area contributed by atoms with Crippen LogP contribution in [-0.2, 0) is 65.4 Å². The standard InChI is InChI=1S/C86H168O17P2/c1-7-10-12-14-16-18-20-22-23-24-25-26-27-28-33-40-46-52-58-64-70-85(90)102-82(75-97-84(89)69-63-57-51-45-39-32-30-29-31-37-43-49-55-61-67-79(6)9-3)77-101-105(94,95)99-73-80(87)72-98-104(92,93)100-76-81(74-96-83(88)68-62-56-50-44-38-21-19-17-15-13-11-8-2)103-86(91)71-65-59-53-47-41-35-34-36-42-48-54-60-66-78(4)5/h78-82,87H,7-77H2,1-6H3,(H,92,93)(H,94,95)/t79?,80-,81+,82+/m0/s1. The number of aliphatic hydroxyl groups excluding tert-OH is 1. The van der Waals surface area contributed by atoms with Crippen molar-refractivity contribution in [2.24, 2.45) is 11.8 Å². The van der Waals surface area contributed by atoms with Gasteiger partial charge in [-0.05, 0) is 37.5 Å². The molecule has 0 rings (SSSR count). The summed E-state index contributed by atoms with van der Waals surface area (Å²) in [5.41, 5.74) is 0. The van der Waals surface area contributed by atoms with Gasteiger partial charge in [0.2, 0.25) is 0 Å². The summed E-state index contributed by atoms with van der Waals surface area (Å²) in [4.78, 5) is 73.3. The minimum Gasteiger partial charge on any atom is -0.462 e. The molecule has 0 saturated carbocycles. The van der Waals surface area contributed by atoms with Crippen LogP contribution in [0.5, 0.6) is 0 Å². The summed E-state index contributed by atoms with van der Waals surface area (Å²) in [5, 5.41) is 10.7. The molecule has 0 aliphatic rings. The van der Waals surface area contributed by atoms with Crippen LogP contribution in [0.2, 0.25) is 0 Å². The summed E-state index contributed by atoms with van der Waals surface area (Å²) in [6.07, 6.45) is 69.3. The molecule has 0 amide bonds. The minimum absolute atomic E-state index is 0.108. The summed E-state index contributed by atoms with van der Waals surface area (Å²) in [6.45, 7) is 9.74. The normalized spacial score (nSPS) is 14.1. The number of hydrogen-bond donors (Lipinski definition) is 3. The Balaban J connectivity index is 5.26. The molecule has 0 aromatic rings. The van der Waals surface area contributed by atoms with Gasteiger partial charge in [0.25, 0.3) is 0 Å². The van der Waals surface area contributed by atoms with Gasteiger partial charge < -0.3 is 33.8 Å². The van der Waals surface area contributed by atoms with Crippen molar-refractivity contribution < 1.29 is 80.2 Å². The number of ether oxygens (including phenoxy) is 4. The van der Waals surface area contributed by atoms with Crippen LogP contribution < -0.4 is 0 Å². The van der Waals surface area contributed by atoms with Crippen LogP contribution in [0, 0.1) is 11.8 Å². The van der Waals surface area contributed by atoms with Crippen molar-refractivity contribution in [1.82, 2.24) is 0 Å². The SMILES string of the molecule is CCCCCCCCCCCCCCCCCCCCCCC(=O)O[C@H](COC(=O)CCCCCCCCCCCCCCCCC(C)CC)COP(=O)(O)OC[C@@H](O)COP(=O)(O)OC[C@@H](COC(=O)CCCCCCCCCCCCCC)OC(=O)CCCCCCCCCCCCCCC(C)C. The van der Waals surface area contributed by atoms with Gasteiger partial charge in [-0.15, -0.1) is 0 Å². The van der Waals surface area contributed by atoms with Crippen molar-refractivity contribution in [3.63, 3.8) is 0 Å². The van der Waals surface area contributed by atoms with E-state index in [0.717, 1.165) is 102 Å². The second kappa shape index (κ2) is 77.4. The Hall–Kier alpha value is -1.94. The average molecular weight is 1540 g/mol. The molecule has 19 heteroatoms. The molecular weight excluding hydrogens is 1370 g/mol. The number of aliphatic hydroxyl groups is 1. The van der Waals surface area contributed by atoms with Crippen molar-refractivity contribution in [2.75, 3.05) is 39.6 Å². The van der Waals surface area contributed by atoms with Crippen LogP contribution in [0.1, 0.15) is 459 Å². The lowest BCUT2D eigenvalue weighted by atomic mass is 9.99. The zero-order valence-electron chi connectivity index (χ0n) is 69.0. The van der Waals surface area contributed by atoms with Crippen LogP contribution in [0.3, 0.4) is 0 Å². The van der Waals surface area contributed by atoms with Gasteiger partial charge in [0.15, 0.2) is 12.2 Å². The van der Waals surface area contributed by atoms with Gasteiger partial charge >= 0.3 is 39.5 Å². The van der Waals surface area contributed by atoms with E-state index in [1.54, 1.807) is 0 Å². The van der Waals surface area contributed by atoms with Gasteiger partial charge in [-0.25, -0.2) is 9.13 Å². The van der Waals surface area contributed by atoms with Crippen LogP contribution in [0.4, 0.5) is 0 Å². The molecule has 0 aliphatic carbocycles. The second-order valence-corrected chi connectivity index (χ2v) is 34.6. The van der Waals surface area contributed by atoms with E-state index < -0.39 is 97.5 Å². The molecule has 0 radical (unpaired) electrons. The lowest BCUT2D eigenvalue weighted by Gasteiger charge is -2.21. The molecule has 0 bridgehead atoms. The Morgan fingerprint density at radius 2 is 0.486 bits per heavy atom. The number of rotatable bonds is 85. The number of esters is 4. The summed E-state index contributed by atoms with van der Waals surface area (Å²) < 4.78 is 68.9. The predicted octanol–water partition coefficient (Wildman–Crippen LogP) is 26.2. The lowest BCUT2D eigenvalue weighted by Crippen LogP contribution is -2.30. The highest BCUT2D eigenvalue weighted by Gasteiger charge is 2.30. The van der Waals surface area contributed by atoms with E-state index >= 15 is 0 Å². The lowest BCUT2D eigenvalue weighted by molar-refractivity contribution is -0.161. The van der Waals surface area contributed by atoms with Gasteiger partial charge in [-0.3, -0.25) is 37.3 Å². The summed E-state index contributed by atoms with van der Waals surface area (Å²) in [7, 11) is -9.93. The van der Waals surface area contributed by atoms with Crippen molar-refractivity contribution in [3.8, 4) is 0 Å². The predicted molar refractivity (Wildman–Crippen MR) is 432 cm³/mol. The molecule has 0 fully saturated rings. The molecule has 3 N–H and O–H groups in total. The first-order valence-corrected chi connectivity index (χ1v) is 47.5. The van der Waals surface area contributed by atoms with Crippen molar-refractivity contribution in [1.29, 1.82) is 0 Å². The largest absolute Gasteiger partial charge is 0.472 e. The zero-order valence-corrected chi connectivity index (χ0v) is 70.8. The Morgan fingerprint density at radius 3 is 0.724 bits per heavy atom. The minimum atomic E-state index is -4.97. The summed E-state index contributed by atoms with van der Waals surface area (Å²) in [6, 6.07) is 0. The van der Waals surface area contributed by atoms with Crippen LogP contribution in [-0.4, -0.2) is 96.7 Å². The van der Waals surface area contributed by atoms with Gasteiger partial charge in [0, 0.05) is 25.7 Å². The number of carbonyl (C=O) groups is 4. The van der Waals surface area contributed by atoms with E-state index in [0.29, 0.717) is 25.7 Å². The van der Waals surface area contributed by atoms with Gasteiger partial charge in [-0.2, -0.15) is 0 Å². The molecule has 0 spiro atoms. The smallest absolute Gasteiger partial charge is 0.462 e. The van der Waals surface area contributed by atoms with Crippen LogP contribution in [0.15, 0.2) is 0 Å². The quantitative estimate of drug-likeness (QED) is 0.0222. The fraction of sp³-hybridized carbons (Fsp3) is 0.953. The Labute approximate surface area is 645 Å². The highest BCUT2D eigenvalue weighted by Crippen LogP contribution is 2.45. The maximum atomic E-state index is 13.2. The average Bonchev–Trinajstić information content (AvgIpc) is 0.925. The molecule has 105 heavy (non-hydrogen) atoms. The van der Waals surface area contributed by atoms with Gasteiger partial charge in [0.1, 0.15) is 19.3 Å². The van der Waals surface area contributed by atoms with Crippen molar-refractivity contribution >= 4 is 39.5 Å². The highest BCUT2D eigenvalue weighted by atomic mass is 31.2. The third-order valence-corrected chi connectivity index (χ3v) is 22.5. The zero-order chi connectivity index (χ0) is 77.1. The molecule has 0 aromatic heterocycles. The first kappa shape index (κ1) is 103. The van der Waals surface area contributed by atoms with Gasteiger partial charge in [-0.1, -0.05) is 408 Å². The maximum absolute atomic E-state index is 13.2.